The van der Waals surface area contributed by atoms with Crippen LogP contribution in [0.3, 0.4) is 0 Å². The van der Waals surface area contributed by atoms with Crippen LogP contribution in [0.1, 0.15) is 32.8 Å². The van der Waals surface area contributed by atoms with Crippen molar-refractivity contribution in [3.8, 4) is 0 Å². The Labute approximate surface area is 124 Å². The molecule has 0 fully saturated rings. The fraction of sp³-hybridized carbons (Fsp3) is 0.375. The van der Waals surface area contributed by atoms with E-state index in [1.165, 1.54) is 0 Å². The van der Waals surface area contributed by atoms with Crippen LogP contribution in [0.25, 0.3) is 0 Å². The second-order valence-corrected chi connectivity index (χ2v) is 5.55. The van der Waals surface area contributed by atoms with Crippen molar-refractivity contribution in [1.82, 2.24) is 5.32 Å². The van der Waals surface area contributed by atoms with Crippen molar-refractivity contribution < 1.29 is 19.1 Å². The van der Waals surface area contributed by atoms with Gasteiger partial charge in [-0.1, -0.05) is 36.9 Å². The minimum atomic E-state index is -0.646. The van der Waals surface area contributed by atoms with E-state index in [0.29, 0.717) is 0 Å². The molecule has 0 heterocycles. The Morgan fingerprint density at radius 3 is 2.38 bits per heavy atom. The van der Waals surface area contributed by atoms with E-state index in [2.05, 4.69) is 11.9 Å². The molecule has 0 atom stereocenters. The van der Waals surface area contributed by atoms with Crippen LogP contribution in [-0.2, 0) is 20.9 Å². The van der Waals surface area contributed by atoms with Crippen LogP contribution in [0.2, 0.25) is 0 Å². The topological polar surface area (TPSA) is 64.6 Å². The number of hydrogen-bond donors (Lipinski definition) is 1. The molecule has 114 valence electrons. The van der Waals surface area contributed by atoms with Gasteiger partial charge in [-0.2, -0.15) is 0 Å². The molecule has 5 nitrogen and oxygen atoms in total. The van der Waals surface area contributed by atoms with Crippen molar-refractivity contribution in [3.63, 3.8) is 0 Å². The second-order valence-electron chi connectivity index (χ2n) is 5.55. The van der Waals surface area contributed by atoms with E-state index in [9.17, 15) is 9.59 Å². The quantitative estimate of drug-likeness (QED) is 0.846. The zero-order chi connectivity index (χ0) is 15.9. The Morgan fingerprint density at radius 1 is 1.19 bits per heavy atom. The monoisotopic (exact) mass is 291 g/mol. The summed E-state index contributed by atoms with van der Waals surface area (Å²) < 4.78 is 10.1. The van der Waals surface area contributed by atoms with E-state index in [4.69, 9.17) is 9.47 Å². The van der Waals surface area contributed by atoms with Crippen molar-refractivity contribution in [1.29, 1.82) is 0 Å². The molecule has 5 heteroatoms. The Hall–Kier alpha value is -2.30. The van der Waals surface area contributed by atoms with Gasteiger partial charge < -0.3 is 9.47 Å². The summed E-state index contributed by atoms with van der Waals surface area (Å²) in [5, 5.41) is 2.41. The van der Waals surface area contributed by atoms with Gasteiger partial charge in [0.15, 0.2) is 0 Å². The van der Waals surface area contributed by atoms with Crippen LogP contribution >= 0.6 is 0 Å². The highest BCUT2D eigenvalue weighted by Crippen LogP contribution is 2.10. The molecule has 0 aromatic heterocycles. The molecular formula is C16H21NO4. The first kappa shape index (κ1) is 16.8. The Kier molecular flexibility index (Phi) is 5.96. The first-order valence-corrected chi connectivity index (χ1v) is 6.63. The summed E-state index contributed by atoms with van der Waals surface area (Å²) in [5.74, 6) is -0.448. The molecule has 0 aliphatic heterocycles. The average molecular weight is 291 g/mol. The zero-order valence-electron chi connectivity index (χ0n) is 12.6. The van der Waals surface area contributed by atoms with Gasteiger partial charge in [0.1, 0.15) is 12.2 Å². The summed E-state index contributed by atoms with van der Waals surface area (Å²) in [4.78, 5) is 23.1. The minimum Gasteiger partial charge on any atom is -0.460 e. The van der Waals surface area contributed by atoms with Gasteiger partial charge in [-0.3, -0.25) is 10.1 Å². The molecule has 1 aromatic rings. The van der Waals surface area contributed by atoms with Crippen molar-refractivity contribution in [3.05, 3.63) is 48.2 Å². The number of amides is 1. The summed E-state index contributed by atoms with van der Waals surface area (Å²) in [6.45, 7) is 9.09. The van der Waals surface area contributed by atoms with Gasteiger partial charge in [-0.05, 0) is 26.3 Å². The number of carbonyl (C=O) groups excluding carboxylic acids is 2. The molecule has 0 radical (unpaired) electrons. The highest BCUT2D eigenvalue weighted by molar-refractivity contribution is 5.76. The maximum atomic E-state index is 11.6. The van der Waals surface area contributed by atoms with Crippen LogP contribution in [-0.4, -0.2) is 17.7 Å². The lowest BCUT2D eigenvalue weighted by atomic mass is 10.2. The molecule has 0 aliphatic rings. The standard InChI is InChI=1S/C16H21NO4/c1-12(10-14(18)21-16(2,3)4)17-15(19)20-11-13-8-6-5-7-9-13/h5-9H,1,10-11H2,2-4H3,(H,17,19). The number of carbonyl (C=O) groups is 2. The first-order chi connectivity index (χ1) is 9.76. The van der Waals surface area contributed by atoms with Gasteiger partial charge in [0, 0.05) is 5.70 Å². The maximum absolute atomic E-state index is 11.6. The lowest BCUT2D eigenvalue weighted by Crippen LogP contribution is -2.28. The third-order valence-corrected chi connectivity index (χ3v) is 2.27. The largest absolute Gasteiger partial charge is 0.460 e. The molecule has 1 aromatic carbocycles. The highest BCUT2D eigenvalue weighted by atomic mass is 16.6. The van der Waals surface area contributed by atoms with Gasteiger partial charge in [-0.15, -0.1) is 0 Å². The van der Waals surface area contributed by atoms with E-state index in [0.717, 1.165) is 5.56 Å². The van der Waals surface area contributed by atoms with Gasteiger partial charge in [0.25, 0.3) is 0 Å². The molecular weight excluding hydrogens is 270 g/mol. The lowest BCUT2D eigenvalue weighted by molar-refractivity contribution is -0.153. The maximum Gasteiger partial charge on any atom is 0.411 e. The fourth-order valence-electron chi connectivity index (χ4n) is 1.50. The van der Waals surface area contributed by atoms with E-state index < -0.39 is 17.7 Å². The SMILES string of the molecule is C=C(CC(=O)OC(C)(C)C)NC(=O)OCc1ccccc1. The smallest absolute Gasteiger partial charge is 0.411 e. The van der Waals surface area contributed by atoms with E-state index >= 15 is 0 Å². The van der Waals surface area contributed by atoms with Crippen molar-refractivity contribution in [2.75, 3.05) is 0 Å². The number of alkyl carbamates (subject to hydrolysis) is 1. The molecule has 0 spiro atoms. The van der Waals surface area contributed by atoms with E-state index in [1.54, 1.807) is 20.8 Å². The van der Waals surface area contributed by atoms with E-state index in [1.807, 2.05) is 30.3 Å². The Morgan fingerprint density at radius 2 is 1.81 bits per heavy atom. The second kappa shape index (κ2) is 7.47. The molecule has 0 bridgehead atoms. The summed E-state index contributed by atoms with van der Waals surface area (Å²) in [6, 6.07) is 9.30. The van der Waals surface area contributed by atoms with Gasteiger partial charge in [0.05, 0.1) is 6.42 Å². The molecule has 21 heavy (non-hydrogen) atoms. The summed E-state index contributed by atoms with van der Waals surface area (Å²) in [5.41, 5.74) is 0.554. The molecule has 1 N–H and O–H groups in total. The summed E-state index contributed by atoms with van der Waals surface area (Å²) in [6.07, 6.45) is -0.732. The predicted octanol–water partition coefficient (Wildman–Crippen LogP) is 3.16. The molecule has 0 aliphatic carbocycles. The average Bonchev–Trinajstić information content (AvgIpc) is 2.35. The van der Waals surface area contributed by atoms with Crippen LogP contribution in [0.5, 0.6) is 0 Å². The summed E-state index contributed by atoms with van der Waals surface area (Å²) >= 11 is 0. The molecule has 1 rings (SSSR count). The number of nitrogens with one attached hydrogen (secondary N) is 1. The summed E-state index contributed by atoms with van der Waals surface area (Å²) in [7, 11) is 0. The highest BCUT2D eigenvalue weighted by Gasteiger charge is 2.17. The molecule has 0 saturated heterocycles. The first-order valence-electron chi connectivity index (χ1n) is 6.63. The zero-order valence-corrected chi connectivity index (χ0v) is 12.6. The fourth-order valence-corrected chi connectivity index (χ4v) is 1.50. The van der Waals surface area contributed by atoms with E-state index in [-0.39, 0.29) is 18.7 Å². The predicted molar refractivity (Wildman–Crippen MR) is 79.4 cm³/mol. The number of hydrogen-bond acceptors (Lipinski definition) is 4. The third kappa shape index (κ3) is 7.77. The third-order valence-electron chi connectivity index (χ3n) is 2.27. The van der Waals surface area contributed by atoms with Crippen LogP contribution in [0, 0.1) is 0 Å². The molecule has 0 unspecified atom stereocenters. The molecule has 0 saturated carbocycles. The number of benzene rings is 1. The van der Waals surface area contributed by atoms with Gasteiger partial charge in [-0.25, -0.2) is 4.79 Å². The van der Waals surface area contributed by atoms with Crippen LogP contribution < -0.4 is 5.32 Å². The van der Waals surface area contributed by atoms with Crippen molar-refractivity contribution in [2.24, 2.45) is 0 Å². The number of esters is 1. The number of rotatable bonds is 5. The number of ether oxygens (including phenoxy) is 2. The Balaban J connectivity index is 2.31. The van der Waals surface area contributed by atoms with Crippen molar-refractivity contribution in [2.45, 2.75) is 39.4 Å². The molecule has 1 amide bonds. The van der Waals surface area contributed by atoms with Gasteiger partial charge in [0.2, 0.25) is 0 Å². The normalized spacial score (nSPS) is 10.6. The van der Waals surface area contributed by atoms with Crippen LogP contribution in [0.4, 0.5) is 4.79 Å². The van der Waals surface area contributed by atoms with Crippen molar-refractivity contribution >= 4 is 12.1 Å². The Bertz CT molecular complexity index is 503. The van der Waals surface area contributed by atoms with Gasteiger partial charge >= 0.3 is 12.1 Å². The van der Waals surface area contributed by atoms with Crippen LogP contribution in [0.15, 0.2) is 42.6 Å². The lowest BCUT2D eigenvalue weighted by Gasteiger charge is -2.19. The minimum absolute atomic E-state index is 0.0856.